The molecule has 0 N–H and O–H groups in total. The molecular formula is C20H27FN4O3. The SMILES string of the molecule is COCCN(/C=C(/C#N)C(=O)N1CCN(c2ccc(F)cc2)CC1)CCOC. The van der Waals surface area contributed by atoms with Crippen LogP contribution in [0.1, 0.15) is 0 Å². The molecule has 0 radical (unpaired) electrons. The van der Waals surface area contributed by atoms with Crippen LogP contribution >= 0.6 is 0 Å². The zero-order valence-corrected chi connectivity index (χ0v) is 16.4. The number of methoxy groups -OCH3 is 2. The van der Waals surface area contributed by atoms with Crippen molar-refractivity contribution in [3.8, 4) is 6.07 Å². The second kappa shape index (κ2) is 11.3. The number of carbonyl (C=O) groups excluding carboxylic acids is 1. The van der Waals surface area contributed by atoms with Crippen molar-refractivity contribution >= 4 is 11.6 Å². The Balaban J connectivity index is 1.98. The highest BCUT2D eigenvalue weighted by molar-refractivity contribution is 5.97. The van der Waals surface area contributed by atoms with E-state index in [0.29, 0.717) is 52.5 Å². The number of benzene rings is 1. The zero-order valence-electron chi connectivity index (χ0n) is 16.4. The first kappa shape index (κ1) is 21.7. The summed E-state index contributed by atoms with van der Waals surface area (Å²) in [7, 11) is 3.21. The van der Waals surface area contributed by atoms with Crippen molar-refractivity contribution in [2.75, 3.05) is 71.6 Å². The lowest BCUT2D eigenvalue weighted by Gasteiger charge is -2.36. The number of nitrogens with zero attached hydrogens (tertiary/aromatic N) is 4. The van der Waals surface area contributed by atoms with Gasteiger partial charge >= 0.3 is 0 Å². The van der Waals surface area contributed by atoms with E-state index in [2.05, 4.69) is 4.90 Å². The summed E-state index contributed by atoms with van der Waals surface area (Å²) in [6.07, 6.45) is 1.59. The van der Waals surface area contributed by atoms with Crippen molar-refractivity contribution in [2.45, 2.75) is 0 Å². The highest BCUT2D eigenvalue weighted by Gasteiger charge is 2.24. The lowest BCUT2D eigenvalue weighted by molar-refractivity contribution is -0.127. The van der Waals surface area contributed by atoms with Gasteiger partial charge in [-0.05, 0) is 24.3 Å². The minimum Gasteiger partial charge on any atom is -0.383 e. The lowest BCUT2D eigenvalue weighted by atomic mass is 10.2. The Kier molecular flexibility index (Phi) is 8.72. The maximum absolute atomic E-state index is 13.1. The van der Waals surface area contributed by atoms with E-state index in [9.17, 15) is 14.4 Å². The highest BCUT2D eigenvalue weighted by atomic mass is 19.1. The second-order valence-electron chi connectivity index (χ2n) is 6.43. The normalized spacial score (nSPS) is 14.7. The average Bonchev–Trinajstić information content (AvgIpc) is 2.73. The van der Waals surface area contributed by atoms with Crippen molar-refractivity contribution in [1.29, 1.82) is 5.26 Å². The molecule has 1 aromatic carbocycles. The number of anilines is 1. The molecule has 7 nitrogen and oxygen atoms in total. The molecule has 0 bridgehead atoms. The van der Waals surface area contributed by atoms with Crippen LogP contribution in [0.15, 0.2) is 36.0 Å². The van der Waals surface area contributed by atoms with Gasteiger partial charge in [0, 0.05) is 65.4 Å². The molecule has 1 aliphatic heterocycles. The number of hydrogen-bond donors (Lipinski definition) is 0. The largest absolute Gasteiger partial charge is 0.383 e. The molecule has 28 heavy (non-hydrogen) atoms. The number of piperazine rings is 1. The third-order valence-electron chi connectivity index (χ3n) is 4.59. The summed E-state index contributed by atoms with van der Waals surface area (Å²) in [5.41, 5.74) is 1.03. The van der Waals surface area contributed by atoms with Gasteiger partial charge < -0.3 is 24.2 Å². The third-order valence-corrected chi connectivity index (χ3v) is 4.59. The summed E-state index contributed by atoms with van der Waals surface area (Å²) in [5.74, 6) is -0.547. The molecule has 0 atom stereocenters. The second-order valence-corrected chi connectivity index (χ2v) is 6.43. The predicted molar refractivity (Wildman–Crippen MR) is 104 cm³/mol. The minimum atomic E-state index is -0.277. The first-order chi connectivity index (χ1) is 13.6. The summed E-state index contributed by atoms with van der Waals surface area (Å²) >= 11 is 0. The van der Waals surface area contributed by atoms with Gasteiger partial charge in [-0.15, -0.1) is 0 Å². The molecule has 1 saturated heterocycles. The van der Waals surface area contributed by atoms with Gasteiger partial charge in [0.15, 0.2) is 0 Å². The fraction of sp³-hybridized carbons (Fsp3) is 0.500. The molecule has 1 heterocycles. The quantitative estimate of drug-likeness (QED) is 0.470. The van der Waals surface area contributed by atoms with E-state index in [1.165, 1.54) is 12.1 Å². The molecule has 1 aliphatic rings. The molecule has 0 unspecified atom stereocenters. The van der Waals surface area contributed by atoms with E-state index in [1.54, 1.807) is 37.5 Å². The summed E-state index contributed by atoms with van der Waals surface area (Å²) < 4.78 is 23.3. The molecule has 0 aliphatic carbocycles. The number of ether oxygens (including phenoxy) is 2. The smallest absolute Gasteiger partial charge is 0.266 e. The number of amides is 1. The monoisotopic (exact) mass is 390 g/mol. The van der Waals surface area contributed by atoms with Crippen molar-refractivity contribution in [2.24, 2.45) is 0 Å². The van der Waals surface area contributed by atoms with E-state index in [1.807, 2.05) is 11.0 Å². The van der Waals surface area contributed by atoms with Gasteiger partial charge in [-0.2, -0.15) is 5.26 Å². The fourth-order valence-electron chi connectivity index (χ4n) is 2.96. The molecule has 0 saturated carbocycles. The van der Waals surface area contributed by atoms with Gasteiger partial charge in [-0.25, -0.2) is 4.39 Å². The molecule has 0 spiro atoms. The Morgan fingerprint density at radius 2 is 1.71 bits per heavy atom. The first-order valence-corrected chi connectivity index (χ1v) is 9.22. The molecular weight excluding hydrogens is 363 g/mol. The summed E-state index contributed by atoms with van der Waals surface area (Å²) in [5, 5.41) is 9.48. The molecule has 1 fully saturated rings. The molecule has 1 amide bonds. The molecule has 152 valence electrons. The number of nitriles is 1. The van der Waals surface area contributed by atoms with Crippen molar-refractivity contribution < 1.29 is 18.7 Å². The number of carbonyl (C=O) groups is 1. The van der Waals surface area contributed by atoms with Crippen LogP contribution in [-0.4, -0.2) is 82.4 Å². The Morgan fingerprint density at radius 1 is 1.14 bits per heavy atom. The van der Waals surface area contributed by atoms with E-state index in [0.717, 1.165) is 5.69 Å². The highest BCUT2D eigenvalue weighted by Crippen LogP contribution is 2.17. The lowest BCUT2D eigenvalue weighted by Crippen LogP contribution is -2.49. The summed E-state index contributed by atoms with van der Waals surface area (Å²) in [6, 6.07) is 8.35. The van der Waals surface area contributed by atoms with Crippen LogP contribution in [0.2, 0.25) is 0 Å². The van der Waals surface area contributed by atoms with Gasteiger partial charge in [-0.3, -0.25) is 4.79 Å². The number of rotatable bonds is 9. The zero-order chi connectivity index (χ0) is 20.4. The minimum absolute atomic E-state index is 0.0995. The van der Waals surface area contributed by atoms with Crippen LogP contribution in [-0.2, 0) is 14.3 Å². The average molecular weight is 390 g/mol. The van der Waals surface area contributed by atoms with E-state index >= 15 is 0 Å². The standard InChI is InChI=1S/C20H27FN4O3/c1-27-13-11-23(12-14-28-2)16-17(15-22)20(26)25-9-7-24(8-10-25)19-5-3-18(21)4-6-19/h3-6,16H,7-14H2,1-2H3/b17-16-. The topological polar surface area (TPSA) is 69.0 Å². The van der Waals surface area contributed by atoms with E-state index < -0.39 is 0 Å². The van der Waals surface area contributed by atoms with Crippen LogP contribution in [0.3, 0.4) is 0 Å². The van der Waals surface area contributed by atoms with Gasteiger partial charge in [0.05, 0.1) is 13.2 Å². The molecule has 8 heteroatoms. The Labute approximate surface area is 165 Å². The van der Waals surface area contributed by atoms with E-state index in [4.69, 9.17) is 9.47 Å². The van der Waals surface area contributed by atoms with Gasteiger partial charge in [0.2, 0.25) is 0 Å². The van der Waals surface area contributed by atoms with Crippen LogP contribution < -0.4 is 4.90 Å². The van der Waals surface area contributed by atoms with Crippen molar-refractivity contribution in [3.63, 3.8) is 0 Å². The van der Waals surface area contributed by atoms with Gasteiger partial charge in [0.25, 0.3) is 5.91 Å². The van der Waals surface area contributed by atoms with Crippen LogP contribution in [0.4, 0.5) is 10.1 Å². The molecule has 1 aromatic rings. The molecule has 2 rings (SSSR count). The Hall–Kier alpha value is -2.63. The third kappa shape index (κ3) is 6.22. The maximum atomic E-state index is 13.1. The predicted octanol–water partition coefficient (Wildman–Crippen LogP) is 1.48. The summed E-state index contributed by atoms with van der Waals surface area (Å²) in [6.45, 7) is 4.39. The van der Waals surface area contributed by atoms with Crippen molar-refractivity contribution in [3.05, 3.63) is 41.9 Å². The number of halogens is 1. The maximum Gasteiger partial charge on any atom is 0.266 e. The van der Waals surface area contributed by atoms with Crippen LogP contribution in [0.25, 0.3) is 0 Å². The van der Waals surface area contributed by atoms with Gasteiger partial charge in [0.1, 0.15) is 17.5 Å². The Morgan fingerprint density at radius 3 is 2.21 bits per heavy atom. The molecule has 0 aromatic heterocycles. The fourth-order valence-corrected chi connectivity index (χ4v) is 2.96. The van der Waals surface area contributed by atoms with E-state index in [-0.39, 0.29) is 17.3 Å². The summed E-state index contributed by atoms with van der Waals surface area (Å²) in [4.78, 5) is 18.4. The van der Waals surface area contributed by atoms with Gasteiger partial charge in [-0.1, -0.05) is 0 Å². The first-order valence-electron chi connectivity index (χ1n) is 9.22. The number of hydrogen-bond acceptors (Lipinski definition) is 6. The van der Waals surface area contributed by atoms with Crippen LogP contribution in [0.5, 0.6) is 0 Å². The Bertz CT molecular complexity index is 686. The van der Waals surface area contributed by atoms with Crippen molar-refractivity contribution in [1.82, 2.24) is 9.80 Å². The van der Waals surface area contributed by atoms with Crippen LogP contribution in [0, 0.1) is 17.1 Å².